The normalized spacial score (nSPS) is 14.5. The van der Waals surface area contributed by atoms with Gasteiger partial charge in [0.15, 0.2) is 5.96 Å². The van der Waals surface area contributed by atoms with Gasteiger partial charge in [-0.2, -0.15) is 11.8 Å². The Labute approximate surface area is 356 Å². The fourth-order valence-corrected chi connectivity index (χ4v) is 6.40. The molecule has 0 spiro atoms. The van der Waals surface area contributed by atoms with Gasteiger partial charge in [-0.05, 0) is 62.2 Å². The Kier molecular flexibility index (Phi) is 21.5. The number of rotatable bonds is 27. The molecule has 0 aliphatic heterocycles. The zero-order valence-electron chi connectivity index (χ0n) is 34.6. The highest BCUT2D eigenvalue weighted by atomic mass is 32.2. The smallest absolute Gasteiger partial charge is 0.326 e. The number of hydrogen-bond acceptors (Lipinski definition) is 12. The molecule has 0 fully saturated rings. The number of fused-ring (bicyclic) bond motifs is 1. The van der Waals surface area contributed by atoms with E-state index < -0.39 is 115 Å². The van der Waals surface area contributed by atoms with E-state index in [1.807, 2.05) is 0 Å². The molecule has 338 valence electrons. The van der Waals surface area contributed by atoms with Crippen LogP contribution in [0.4, 0.5) is 0 Å². The predicted octanol–water partition coefficient (Wildman–Crippen LogP) is -2.63. The Morgan fingerprint density at radius 2 is 1.39 bits per heavy atom. The van der Waals surface area contributed by atoms with Crippen molar-refractivity contribution in [3.8, 4) is 0 Å². The van der Waals surface area contributed by atoms with Gasteiger partial charge in [0.25, 0.3) is 0 Å². The zero-order valence-corrected chi connectivity index (χ0v) is 35.4. The van der Waals surface area contributed by atoms with Crippen molar-refractivity contribution in [2.75, 3.05) is 25.1 Å². The van der Waals surface area contributed by atoms with Crippen molar-refractivity contribution < 1.29 is 53.7 Å². The number of amides is 6. The zero-order chi connectivity index (χ0) is 45.8. The van der Waals surface area contributed by atoms with E-state index in [1.54, 1.807) is 50.6 Å². The molecule has 1 aromatic carbocycles. The summed E-state index contributed by atoms with van der Waals surface area (Å²) in [5.41, 5.74) is 17.8. The molecule has 0 aliphatic rings. The third-order valence-corrected chi connectivity index (χ3v) is 9.94. The first-order valence-electron chi connectivity index (χ1n) is 19.5. The molecule has 16 N–H and O–H groups in total. The van der Waals surface area contributed by atoms with Crippen molar-refractivity contribution in [3.63, 3.8) is 0 Å². The Morgan fingerprint density at radius 3 is 2.00 bits per heavy atom. The van der Waals surface area contributed by atoms with Crippen LogP contribution in [0.3, 0.4) is 0 Å². The quantitative estimate of drug-likeness (QED) is 0.0248. The van der Waals surface area contributed by atoms with Gasteiger partial charge >= 0.3 is 11.9 Å². The summed E-state index contributed by atoms with van der Waals surface area (Å²) in [7, 11) is 0. The molecule has 0 radical (unpaired) electrons. The van der Waals surface area contributed by atoms with E-state index in [-0.39, 0.29) is 31.8 Å². The maximum Gasteiger partial charge on any atom is 0.326 e. The van der Waals surface area contributed by atoms with Crippen LogP contribution in [0.2, 0.25) is 0 Å². The van der Waals surface area contributed by atoms with Gasteiger partial charge in [-0.25, -0.2) is 4.79 Å². The second-order valence-electron chi connectivity index (χ2n) is 14.6. The van der Waals surface area contributed by atoms with Crippen molar-refractivity contribution in [1.82, 2.24) is 36.9 Å². The molecule has 2 rings (SSSR count). The van der Waals surface area contributed by atoms with E-state index in [0.29, 0.717) is 17.7 Å². The standard InChI is InChI=1S/C38H59N11O11S/c1-19(2)30(37(59)60)48-35(57)27(16-21-17-43-24-10-6-5-8-22(21)24)47-36(58)31(20(3)50)49-34(56)25(11-12-29(52)53)46-33(55)26(13-15-61-4)45-28(51)18-44-32(54)23(39)9-7-14-42-38(40)41/h5-6,8,10,17,19-20,23,25-27,30-31,43,50H,7,9,11-16,18,39H2,1-4H3,(H,44,54)(H,45,51)(H,46,55)(H,47,58)(H,48,57)(H,49,56)(H,52,53)(H,59,60)(H4,40,41,42)/t20-,23+,25+,26+,27+,30+,31+/m1/s1. The minimum atomic E-state index is -1.76. The van der Waals surface area contributed by atoms with Crippen LogP contribution in [0, 0.1) is 5.92 Å². The summed E-state index contributed by atoms with van der Waals surface area (Å²) < 4.78 is 0. The largest absolute Gasteiger partial charge is 0.481 e. The van der Waals surface area contributed by atoms with E-state index in [2.05, 4.69) is 41.9 Å². The first kappa shape index (κ1) is 51.2. The third-order valence-electron chi connectivity index (χ3n) is 9.29. The first-order valence-corrected chi connectivity index (χ1v) is 20.9. The molecule has 6 amide bonds. The van der Waals surface area contributed by atoms with Gasteiger partial charge in [-0.3, -0.25) is 38.6 Å². The Hall–Kier alpha value is -5.94. The molecule has 0 aliphatic carbocycles. The maximum atomic E-state index is 13.8. The van der Waals surface area contributed by atoms with Gasteiger partial charge in [0.2, 0.25) is 35.4 Å². The van der Waals surface area contributed by atoms with E-state index in [1.165, 1.54) is 18.7 Å². The number of aliphatic hydroxyl groups excluding tert-OH is 1. The Balaban J connectivity index is 2.26. The van der Waals surface area contributed by atoms with Crippen LogP contribution < -0.4 is 49.1 Å². The fourth-order valence-electron chi connectivity index (χ4n) is 5.93. The summed E-state index contributed by atoms with van der Waals surface area (Å²) in [6, 6.07) is -1.19. The number of carbonyl (C=O) groups excluding carboxylic acids is 6. The number of hydrogen-bond donors (Lipinski definition) is 13. The number of para-hydroxylation sites is 1. The number of aliphatic imine (C=N–C) groups is 1. The summed E-state index contributed by atoms with van der Waals surface area (Å²) >= 11 is 1.34. The third kappa shape index (κ3) is 17.7. The van der Waals surface area contributed by atoms with Crippen molar-refractivity contribution in [2.24, 2.45) is 28.1 Å². The highest BCUT2D eigenvalue weighted by molar-refractivity contribution is 7.98. The van der Waals surface area contributed by atoms with E-state index in [4.69, 9.17) is 17.2 Å². The molecule has 22 nitrogen and oxygen atoms in total. The van der Waals surface area contributed by atoms with Crippen LogP contribution >= 0.6 is 11.8 Å². The molecular formula is C38H59N11O11S. The van der Waals surface area contributed by atoms with Crippen LogP contribution in [0.15, 0.2) is 35.5 Å². The lowest BCUT2D eigenvalue weighted by molar-refractivity contribution is -0.143. The number of carboxylic acid groups (broad SMARTS) is 2. The molecule has 0 saturated carbocycles. The Bertz CT molecular complexity index is 1870. The van der Waals surface area contributed by atoms with Gasteiger partial charge in [0.05, 0.1) is 18.7 Å². The van der Waals surface area contributed by atoms with Crippen LogP contribution in [-0.2, 0) is 44.8 Å². The number of benzene rings is 1. The number of aliphatic carboxylic acids is 2. The van der Waals surface area contributed by atoms with Crippen LogP contribution in [-0.4, -0.2) is 141 Å². The van der Waals surface area contributed by atoms with Gasteiger partial charge in [-0.1, -0.05) is 32.0 Å². The summed E-state index contributed by atoms with van der Waals surface area (Å²) in [5, 5.41) is 45.1. The minimum absolute atomic E-state index is 0.0579. The average molecular weight is 878 g/mol. The molecular weight excluding hydrogens is 819 g/mol. The average Bonchev–Trinajstić information content (AvgIpc) is 3.60. The second kappa shape index (κ2) is 25.6. The molecule has 1 aromatic heterocycles. The minimum Gasteiger partial charge on any atom is -0.481 e. The number of nitrogens with two attached hydrogens (primary N) is 3. The van der Waals surface area contributed by atoms with Gasteiger partial charge in [0.1, 0.15) is 30.2 Å². The number of aromatic nitrogens is 1. The summed E-state index contributed by atoms with van der Waals surface area (Å²) in [6.07, 6.45) is 1.22. The van der Waals surface area contributed by atoms with Crippen molar-refractivity contribution >= 4 is 76.0 Å². The van der Waals surface area contributed by atoms with E-state index in [9.17, 15) is 53.7 Å². The molecule has 1 heterocycles. The molecule has 61 heavy (non-hydrogen) atoms. The van der Waals surface area contributed by atoms with Gasteiger partial charge in [0, 0.05) is 36.5 Å². The number of nitrogens with zero attached hydrogens (tertiary/aromatic N) is 1. The van der Waals surface area contributed by atoms with Crippen molar-refractivity contribution in [3.05, 3.63) is 36.0 Å². The fraction of sp³-hybridized carbons (Fsp3) is 0.553. The Morgan fingerprint density at radius 1 is 0.787 bits per heavy atom. The van der Waals surface area contributed by atoms with Crippen molar-refractivity contribution in [1.29, 1.82) is 0 Å². The van der Waals surface area contributed by atoms with E-state index >= 15 is 0 Å². The highest BCUT2D eigenvalue weighted by Gasteiger charge is 2.35. The lowest BCUT2D eigenvalue weighted by Gasteiger charge is -2.28. The molecule has 0 bridgehead atoms. The van der Waals surface area contributed by atoms with Crippen LogP contribution in [0.5, 0.6) is 0 Å². The first-order chi connectivity index (χ1) is 28.7. The number of thioether (sulfide) groups is 1. The lowest BCUT2D eigenvalue weighted by Crippen LogP contribution is -2.61. The number of nitrogens with one attached hydrogen (secondary N) is 7. The maximum absolute atomic E-state index is 13.8. The summed E-state index contributed by atoms with van der Waals surface area (Å²) in [4.78, 5) is 110. The molecule has 2 aromatic rings. The van der Waals surface area contributed by atoms with Crippen molar-refractivity contribution in [2.45, 2.75) is 102 Å². The monoisotopic (exact) mass is 877 g/mol. The topological polar surface area (TPSA) is 376 Å². The number of aromatic amines is 1. The number of H-pyrrole nitrogens is 1. The predicted molar refractivity (Wildman–Crippen MR) is 227 cm³/mol. The van der Waals surface area contributed by atoms with Gasteiger partial charge < -0.3 is 69.4 Å². The molecule has 23 heteroatoms. The molecule has 7 atom stereocenters. The van der Waals surface area contributed by atoms with Crippen LogP contribution in [0.25, 0.3) is 10.9 Å². The van der Waals surface area contributed by atoms with Gasteiger partial charge in [-0.15, -0.1) is 0 Å². The number of guanidine groups is 1. The number of carbonyl (C=O) groups is 8. The SMILES string of the molecule is CSCC[C@H](NC(=O)CNC(=O)[C@@H](N)CCCN=C(N)N)C(=O)N[C@@H](CCC(=O)O)C(=O)N[C@H](C(=O)N[C@@H](Cc1c[nH]c2ccccc12)C(=O)N[C@H](C(=O)O)C(C)C)[C@@H](C)O. The number of aliphatic hydroxyl groups is 1. The second-order valence-corrected chi connectivity index (χ2v) is 15.6. The molecule has 0 unspecified atom stereocenters. The molecule has 0 saturated heterocycles. The van der Waals surface area contributed by atoms with E-state index in [0.717, 1.165) is 10.9 Å². The highest BCUT2D eigenvalue weighted by Crippen LogP contribution is 2.20. The van der Waals surface area contributed by atoms with Crippen LogP contribution in [0.1, 0.15) is 58.4 Å². The number of carboxylic acids is 2. The summed E-state index contributed by atoms with van der Waals surface area (Å²) in [5.74, 6) is -8.19. The summed E-state index contributed by atoms with van der Waals surface area (Å²) in [6.45, 7) is 4.04. The lowest BCUT2D eigenvalue weighted by atomic mass is 10.0.